The summed E-state index contributed by atoms with van der Waals surface area (Å²) in [6.07, 6.45) is -0.380. The second-order valence-corrected chi connectivity index (χ2v) is 4.43. The summed E-state index contributed by atoms with van der Waals surface area (Å²) in [4.78, 5) is 16.6. The number of hydrogen-bond acceptors (Lipinski definition) is 3. The van der Waals surface area contributed by atoms with Gasteiger partial charge in [0, 0.05) is 6.54 Å². The molecule has 82 valence electrons. The maximum atomic E-state index is 11.8. The van der Waals surface area contributed by atoms with Gasteiger partial charge in [-0.25, -0.2) is 4.79 Å². The summed E-state index contributed by atoms with van der Waals surface area (Å²) in [5.41, 5.74) is -0.508. The van der Waals surface area contributed by atoms with Crippen LogP contribution >= 0.6 is 0 Å². The number of carbonyl (C=O) groups excluding carboxylic acids is 1. The van der Waals surface area contributed by atoms with Crippen molar-refractivity contribution < 1.29 is 19.0 Å². The van der Waals surface area contributed by atoms with E-state index in [-0.39, 0.29) is 6.54 Å². The lowest BCUT2D eigenvalue weighted by Gasteiger charge is -2.24. The molecule has 14 heavy (non-hydrogen) atoms. The molecule has 0 aromatic heterocycles. The van der Waals surface area contributed by atoms with Crippen LogP contribution in [0.4, 0.5) is 9.32 Å². The van der Waals surface area contributed by atoms with E-state index in [0.29, 0.717) is 13.0 Å². The van der Waals surface area contributed by atoms with Gasteiger partial charge in [0.25, 0.3) is 0 Å². The molecule has 1 fully saturated rings. The van der Waals surface area contributed by atoms with Gasteiger partial charge in [-0.1, -0.05) is 0 Å². The van der Waals surface area contributed by atoms with Crippen molar-refractivity contribution in [3.63, 3.8) is 0 Å². The standard InChI is InChI=1S/C9H16FNO3/c1-9(2,3)13-8(12)11-5-4-7(6-11)14-10/h7H,4-6H2,1-3H3. The lowest BCUT2D eigenvalue weighted by Crippen LogP contribution is -2.35. The van der Waals surface area contributed by atoms with Crippen LogP contribution in [0.25, 0.3) is 0 Å². The molecule has 0 bridgehead atoms. The first-order valence-electron chi connectivity index (χ1n) is 4.67. The zero-order valence-electron chi connectivity index (χ0n) is 8.75. The average molecular weight is 205 g/mol. The number of likely N-dealkylation sites (tertiary alicyclic amines) is 1. The highest BCUT2D eigenvalue weighted by Gasteiger charge is 2.30. The summed E-state index contributed by atoms with van der Waals surface area (Å²) < 4.78 is 16.9. The zero-order valence-corrected chi connectivity index (χ0v) is 8.75. The van der Waals surface area contributed by atoms with Crippen molar-refractivity contribution >= 4 is 6.09 Å². The predicted octanol–water partition coefficient (Wildman–Crippen LogP) is 1.90. The molecule has 0 aromatic rings. The van der Waals surface area contributed by atoms with Gasteiger partial charge in [0.1, 0.15) is 11.7 Å². The highest BCUT2D eigenvalue weighted by Crippen LogP contribution is 2.16. The summed E-state index contributed by atoms with van der Waals surface area (Å²) in [6, 6.07) is 0. The van der Waals surface area contributed by atoms with Gasteiger partial charge in [-0.05, 0) is 31.7 Å². The van der Waals surface area contributed by atoms with Crippen LogP contribution in [0, 0.1) is 0 Å². The Morgan fingerprint density at radius 2 is 2.14 bits per heavy atom. The molecule has 1 aliphatic heterocycles. The number of rotatable bonds is 1. The summed E-state index contributed by atoms with van der Waals surface area (Å²) in [6.45, 7) is 6.15. The fourth-order valence-electron chi connectivity index (χ4n) is 1.29. The number of carbonyl (C=O) groups is 1. The Labute approximate surface area is 82.9 Å². The van der Waals surface area contributed by atoms with Crippen LogP contribution in [-0.2, 0) is 9.68 Å². The van der Waals surface area contributed by atoms with E-state index in [2.05, 4.69) is 4.94 Å². The number of halogens is 1. The molecule has 0 aromatic carbocycles. The maximum Gasteiger partial charge on any atom is 0.410 e. The Bertz CT molecular complexity index is 215. The van der Waals surface area contributed by atoms with Gasteiger partial charge in [0.15, 0.2) is 0 Å². The van der Waals surface area contributed by atoms with Gasteiger partial charge >= 0.3 is 6.09 Å². The third-order valence-corrected chi connectivity index (χ3v) is 1.92. The van der Waals surface area contributed by atoms with Crippen molar-refractivity contribution in [2.24, 2.45) is 0 Å². The Kier molecular flexibility index (Phi) is 3.31. The fourth-order valence-corrected chi connectivity index (χ4v) is 1.29. The summed E-state index contributed by atoms with van der Waals surface area (Å²) in [5, 5.41) is 0. The first-order valence-corrected chi connectivity index (χ1v) is 4.67. The Hall–Kier alpha value is -0.840. The lowest BCUT2D eigenvalue weighted by molar-refractivity contribution is -0.173. The van der Waals surface area contributed by atoms with E-state index < -0.39 is 17.8 Å². The van der Waals surface area contributed by atoms with Gasteiger partial charge < -0.3 is 9.64 Å². The maximum absolute atomic E-state index is 11.8. The van der Waals surface area contributed by atoms with Crippen molar-refractivity contribution in [1.29, 1.82) is 0 Å². The first-order chi connectivity index (χ1) is 6.42. The number of nitrogens with zero attached hydrogens (tertiary/aromatic N) is 1. The molecule has 1 heterocycles. The molecule has 1 unspecified atom stereocenters. The monoisotopic (exact) mass is 205 g/mol. The molecule has 4 nitrogen and oxygen atoms in total. The lowest BCUT2D eigenvalue weighted by atomic mass is 10.2. The third-order valence-electron chi connectivity index (χ3n) is 1.92. The Morgan fingerprint density at radius 3 is 2.57 bits per heavy atom. The van der Waals surface area contributed by atoms with Crippen LogP contribution in [0.3, 0.4) is 0 Å². The SMILES string of the molecule is CC(C)(C)OC(=O)N1CCC(OF)C1. The minimum absolute atomic E-state index is 0.269. The number of hydrogen-bond donors (Lipinski definition) is 0. The minimum Gasteiger partial charge on any atom is -0.444 e. The second-order valence-electron chi connectivity index (χ2n) is 4.43. The molecule has 0 N–H and O–H groups in total. The number of ether oxygens (including phenoxy) is 1. The van der Waals surface area contributed by atoms with Crippen LogP contribution in [0.5, 0.6) is 0 Å². The van der Waals surface area contributed by atoms with Crippen LogP contribution in [-0.4, -0.2) is 35.8 Å². The normalized spacial score (nSPS) is 22.6. The quantitative estimate of drug-likeness (QED) is 0.656. The molecule has 1 aliphatic rings. The zero-order chi connectivity index (χ0) is 10.8. The molecular weight excluding hydrogens is 189 g/mol. The topological polar surface area (TPSA) is 38.8 Å². The molecule has 1 atom stereocenters. The Morgan fingerprint density at radius 1 is 1.50 bits per heavy atom. The number of amides is 1. The summed E-state index contributed by atoms with van der Waals surface area (Å²) in [7, 11) is 0. The molecule has 1 amide bonds. The van der Waals surface area contributed by atoms with Gasteiger partial charge in [0.2, 0.25) is 0 Å². The Balaban J connectivity index is 2.40. The molecule has 0 aliphatic carbocycles. The highest BCUT2D eigenvalue weighted by molar-refractivity contribution is 5.68. The largest absolute Gasteiger partial charge is 0.444 e. The van der Waals surface area contributed by atoms with Crippen molar-refractivity contribution in [2.75, 3.05) is 13.1 Å². The van der Waals surface area contributed by atoms with E-state index in [4.69, 9.17) is 4.74 Å². The molecule has 0 radical (unpaired) electrons. The minimum atomic E-state index is -0.508. The molecule has 1 rings (SSSR count). The van der Waals surface area contributed by atoms with E-state index in [1.165, 1.54) is 4.90 Å². The van der Waals surface area contributed by atoms with E-state index in [1.807, 2.05) is 0 Å². The van der Waals surface area contributed by atoms with Crippen LogP contribution < -0.4 is 0 Å². The van der Waals surface area contributed by atoms with Crippen molar-refractivity contribution in [1.82, 2.24) is 4.90 Å². The first kappa shape index (κ1) is 11.2. The molecule has 0 spiro atoms. The van der Waals surface area contributed by atoms with Crippen LogP contribution in [0.2, 0.25) is 0 Å². The van der Waals surface area contributed by atoms with E-state index >= 15 is 0 Å². The smallest absolute Gasteiger partial charge is 0.410 e. The average Bonchev–Trinajstić information content (AvgIpc) is 2.48. The fraction of sp³-hybridized carbons (Fsp3) is 0.889. The van der Waals surface area contributed by atoms with Gasteiger partial charge in [-0.3, -0.25) is 0 Å². The molecule has 0 saturated carbocycles. The third kappa shape index (κ3) is 3.14. The molecule has 5 heteroatoms. The second kappa shape index (κ2) is 4.13. The van der Waals surface area contributed by atoms with E-state index in [0.717, 1.165) is 0 Å². The van der Waals surface area contributed by atoms with Crippen LogP contribution in [0.1, 0.15) is 27.2 Å². The van der Waals surface area contributed by atoms with Gasteiger partial charge in [-0.2, -0.15) is 4.94 Å². The van der Waals surface area contributed by atoms with Crippen LogP contribution in [0.15, 0.2) is 0 Å². The predicted molar refractivity (Wildman–Crippen MR) is 48.4 cm³/mol. The van der Waals surface area contributed by atoms with E-state index in [9.17, 15) is 9.32 Å². The van der Waals surface area contributed by atoms with Crippen molar-refractivity contribution in [3.05, 3.63) is 0 Å². The molecular formula is C9H16FNO3. The summed E-state index contributed by atoms with van der Waals surface area (Å²) in [5.74, 6) is 0. The van der Waals surface area contributed by atoms with E-state index in [1.54, 1.807) is 20.8 Å². The van der Waals surface area contributed by atoms with Gasteiger partial charge in [-0.15, -0.1) is 0 Å². The highest BCUT2D eigenvalue weighted by atomic mass is 19.3. The molecule has 1 saturated heterocycles. The van der Waals surface area contributed by atoms with Gasteiger partial charge in [0.05, 0.1) is 6.54 Å². The van der Waals surface area contributed by atoms with Crippen molar-refractivity contribution in [2.45, 2.75) is 38.9 Å². The summed E-state index contributed by atoms with van der Waals surface area (Å²) >= 11 is 0. The van der Waals surface area contributed by atoms with Crippen molar-refractivity contribution in [3.8, 4) is 0 Å².